The molecular formula is C9H5BrN2O4. The number of hydrogen-bond acceptors (Lipinski definition) is 4. The van der Waals surface area contributed by atoms with Crippen LogP contribution in [-0.2, 0) is 0 Å². The van der Waals surface area contributed by atoms with Crippen LogP contribution in [0.5, 0.6) is 0 Å². The van der Waals surface area contributed by atoms with Gasteiger partial charge >= 0.3 is 6.09 Å². The van der Waals surface area contributed by atoms with Gasteiger partial charge in [0.1, 0.15) is 0 Å². The molecule has 1 amide bonds. The smallest absolute Gasteiger partial charge is 0.334 e. The van der Waals surface area contributed by atoms with E-state index in [2.05, 4.69) is 15.9 Å². The monoisotopic (exact) mass is 284 g/mol. The standard InChI is InChI=1S/C9H5BrN2O4/c10-8-5-6-3-1-2-4-7(6)12(8,9(13)14)11(15)16/h1-5H/t12-/m1/s1. The first-order valence-electron chi connectivity index (χ1n) is 4.24. The van der Waals surface area contributed by atoms with Crippen LogP contribution in [-0.4, -0.2) is 11.1 Å². The second-order valence-electron chi connectivity index (χ2n) is 3.17. The van der Waals surface area contributed by atoms with Crippen molar-refractivity contribution in [2.45, 2.75) is 0 Å². The van der Waals surface area contributed by atoms with Gasteiger partial charge in [0.25, 0.3) is 9.64 Å². The van der Waals surface area contributed by atoms with E-state index in [-0.39, 0.29) is 10.3 Å². The normalized spacial score (nSPS) is 22.4. The number of hydrogen-bond donors (Lipinski definition) is 0. The molecule has 0 saturated carbocycles. The fourth-order valence-corrected chi connectivity index (χ4v) is 2.37. The van der Waals surface area contributed by atoms with E-state index < -0.39 is 15.7 Å². The van der Waals surface area contributed by atoms with Crippen LogP contribution in [0.2, 0.25) is 0 Å². The number of carbonyl (C=O) groups is 1. The molecule has 0 N–H and O–H groups in total. The molecule has 7 heteroatoms. The highest BCUT2D eigenvalue weighted by Gasteiger charge is 2.55. The van der Waals surface area contributed by atoms with Gasteiger partial charge in [0.2, 0.25) is 5.69 Å². The molecule has 16 heavy (non-hydrogen) atoms. The van der Waals surface area contributed by atoms with Gasteiger partial charge in [-0.05, 0) is 6.07 Å². The minimum atomic E-state index is -1.81. The first-order valence-corrected chi connectivity index (χ1v) is 5.03. The molecule has 1 aromatic rings. The quantitative estimate of drug-likeness (QED) is 0.336. The Balaban J connectivity index is 2.78. The topological polar surface area (TPSA) is 83.3 Å². The van der Waals surface area contributed by atoms with Crippen molar-refractivity contribution in [2.24, 2.45) is 0 Å². The highest BCUT2D eigenvalue weighted by atomic mass is 79.9. The zero-order valence-corrected chi connectivity index (χ0v) is 9.38. The Labute approximate surface area is 98.2 Å². The van der Waals surface area contributed by atoms with E-state index in [1.807, 2.05) is 0 Å². The summed E-state index contributed by atoms with van der Waals surface area (Å²) in [6.45, 7) is 0. The SMILES string of the molecule is O=C([O-])[N@+]1([N+](=O)[O-])C(Br)=Cc2ccccc21. The molecule has 1 aliphatic rings. The fourth-order valence-electron chi connectivity index (χ4n) is 1.66. The van der Waals surface area contributed by atoms with Gasteiger partial charge in [-0.3, -0.25) is 0 Å². The summed E-state index contributed by atoms with van der Waals surface area (Å²) in [5.74, 6) is 0. The lowest BCUT2D eigenvalue weighted by Gasteiger charge is -2.21. The first-order chi connectivity index (χ1) is 7.51. The summed E-state index contributed by atoms with van der Waals surface area (Å²) < 4.78 is -1.63. The molecule has 0 fully saturated rings. The Morgan fingerprint density at radius 3 is 2.56 bits per heavy atom. The number of fused-ring (bicyclic) bond motifs is 1. The number of carboxylic acid groups (broad SMARTS) is 1. The molecule has 1 heterocycles. The number of benzene rings is 1. The molecule has 0 spiro atoms. The van der Waals surface area contributed by atoms with E-state index in [0.717, 1.165) is 0 Å². The van der Waals surface area contributed by atoms with Crippen LogP contribution in [0.15, 0.2) is 28.9 Å². The van der Waals surface area contributed by atoms with Crippen molar-refractivity contribution >= 4 is 33.8 Å². The van der Waals surface area contributed by atoms with E-state index in [1.54, 1.807) is 12.1 Å². The predicted octanol–water partition coefficient (Wildman–Crippen LogP) is 1.24. The molecular weight excluding hydrogens is 280 g/mol. The van der Waals surface area contributed by atoms with Crippen LogP contribution in [0, 0.1) is 10.1 Å². The van der Waals surface area contributed by atoms with Crippen molar-refractivity contribution in [3.05, 3.63) is 44.5 Å². The molecule has 0 aliphatic carbocycles. The lowest BCUT2D eigenvalue weighted by molar-refractivity contribution is -0.619. The Hall–Kier alpha value is -1.73. The fraction of sp³-hybridized carbons (Fsp3) is 0. The number of halogens is 1. The molecule has 1 aliphatic heterocycles. The third-order valence-corrected chi connectivity index (χ3v) is 3.12. The average Bonchev–Trinajstić information content (AvgIpc) is 2.50. The number of nitrogens with zero attached hydrogens (tertiary/aromatic N) is 2. The van der Waals surface area contributed by atoms with E-state index in [9.17, 15) is 20.0 Å². The molecule has 1 atom stereocenters. The lowest BCUT2D eigenvalue weighted by Crippen LogP contribution is -2.60. The molecule has 6 nitrogen and oxygen atoms in total. The Bertz CT molecular complexity index is 512. The number of quaternary nitrogens is 1. The highest BCUT2D eigenvalue weighted by molar-refractivity contribution is 9.11. The summed E-state index contributed by atoms with van der Waals surface area (Å²) in [5, 5.41) is 21.2. The van der Waals surface area contributed by atoms with Crippen LogP contribution in [0.1, 0.15) is 5.56 Å². The van der Waals surface area contributed by atoms with Gasteiger partial charge in [-0.25, -0.2) is 10.1 Å². The first kappa shape index (κ1) is 10.8. The largest absolute Gasteiger partial charge is 0.493 e. The number of nitro groups is 1. The number of para-hydroxylation sites is 1. The molecule has 0 radical (unpaired) electrons. The van der Waals surface area contributed by atoms with Crippen molar-refractivity contribution in [1.29, 1.82) is 0 Å². The van der Waals surface area contributed by atoms with E-state index in [1.165, 1.54) is 18.2 Å². The average molecular weight is 285 g/mol. The second-order valence-corrected chi connectivity index (χ2v) is 3.98. The zero-order chi connectivity index (χ0) is 11.9. The molecule has 82 valence electrons. The Morgan fingerprint density at radius 1 is 1.38 bits per heavy atom. The summed E-state index contributed by atoms with van der Waals surface area (Å²) in [4.78, 5) is 22.1. The summed E-state index contributed by atoms with van der Waals surface area (Å²) in [6, 6.07) is 6.20. The van der Waals surface area contributed by atoms with Crippen molar-refractivity contribution in [1.82, 2.24) is 4.59 Å². The highest BCUT2D eigenvalue weighted by Crippen LogP contribution is 2.42. The van der Waals surface area contributed by atoms with Crippen molar-refractivity contribution in [3.8, 4) is 0 Å². The van der Waals surface area contributed by atoms with Crippen LogP contribution < -0.4 is 9.70 Å². The van der Waals surface area contributed by atoms with Gasteiger partial charge in [-0.2, -0.15) is 0 Å². The van der Waals surface area contributed by atoms with Crippen LogP contribution in [0.3, 0.4) is 0 Å². The summed E-state index contributed by atoms with van der Waals surface area (Å²) in [7, 11) is 0. The minimum absolute atomic E-state index is 0.0550. The summed E-state index contributed by atoms with van der Waals surface area (Å²) in [5.41, 5.74) is 0.537. The molecule has 0 saturated heterocycles. The lowest BCUT2D eigenvalue weighted by atomic mass is 10.2. The second kappa shape index (κ2) is 3.39. The zero-order valence-electron chi connectivity index (χ0n) is 7.79. The molecule has 0 aromatic heterocycles. The third kappa shape index (κ3) is 1.12. The number of carbonyl (C=O) groups excluding carboxylic acids is 1. The van der Waals surface area contributed by atoms with Crippen LogP contribution in [0.4, 0.5) is 10.5 Å². The van der Waals surface area contributed by atoms with E-state index in [0.29, 0.717) is 5.56 Å². The molecule has 0 unspecified atom stereocenters. The summed E-state index contributed by atoms with van der Waals surface area (Å²) >= 11 is 2.91. The molecule has 1 aromatic carbocycles. The van der Waals surface area contributed by atoms with Crippen molar-refractivity contribution in [3.63, 3.8) is 0 Å². The molecule has 2 rings (SSSR count). The maximum Gasteiger partial charge on any atom is 0.334 e. The van der Waals surface area contributed by atoms with Gasteiger partial charge in [0, 0.05) is 33.6 Å². The molecule has 0 bridgehead atoms. The van der Waals surface area contributed by atoms with Gasteiger partial charge in [0.15, 0.2) is 0 Å². The van der Waals surface area contributed by atoms with Gasteiger partial charge in [-0.1, -0.05) is 12.1 Å². The summed E-state index contributed by atoms with van der Waals surface area (Å²) in [6.07, 6.45) is -0.411. The van der Waals surface area contributed by atoms with Gasteiger partial charge in [-0.15, -0.1) is 0 Å². The van der Waals surface area contributed by atoms with E-state index in [4.69, 9.17) is 0 Å². The van der Waals surface area contributed by atoms with Gasteiger partial charge < -0.3 is 9.90 Å². The maximum absolute atomic E-state index is 11.1. The van der Waals surface area contributed by atoms with Crippen LogP contribution in [0.25, 0.3) is 6.08 Å². The van der Waals surface area contributed by atoms with Crippen LogP contribution >= 0.6 is 15.9 Å². The van der Waals surface area contributed by atoms with Crippen molar-refractivity contribution < 1.29 is 14.9 Å². The Morgan fingerprint density at radius 2 is 2.00 bits per heavy atom. The van der Waals surface area contributed by atoms with E-state index >= 15 is 0 Å². The third-order valence-electron chi connectivity index (χ3n) is 2.38. The predicted molar refractivity (Wildman–Crippen MR) is 57.5 cm³/mol. The Kier molecular flexibility index (Phi) is 2.28. The maximum atomic E-state index is 11.1. The number of rotatable bonds is 1. The minimum Gasteiger partial charge on any atom is -0.493 e. The number of amides is 1. The van der Waals surface area contributed by atoms with Crippen molar-refractivity contribution in [2.75, 3.05) is 0 Å². The van der Waals surface area contributed by atoms with Gasteiger partial charge in [0.05, 0.1) is 4.59 Å².